The molecule has 0 radical (unpaired) electrons. The molecule has 278 valence electrons. The lowest BCUT2D eigenvalue weighted by molar-refractivity contribution is -0.236. The Morgan fingerprint density at radius 1 is 0.981 bits per heavy atom. The predicted molar refractivity (Wildman–Crippen MR) is 177 cm³/mol. The van der Waals surface area contributed by atoms with Gasteiger partial charge in [0, 0.05) is 70.2 Å². The van der Waals surface area contributed by atoms with Crippen LogP contribution in [0.4, 0.5) is 0 Å². The van der Waals surface area contributed by atoms with Crippen molar-refractivity contribution in [3.8, 4) is 11.5 Å². The quantitative estimate of drug-likeness (QED) is 0.213. The average molecular weight is 725 g/mol. The maximum Gasteiger partial charge on any atom is 0.226 e. The third kappa shape index (κ3) is 4.89. The Morgan fingerprint density at radius 2 is 1.63 bits per heavy atom. The number of nitrogens with zero attached hydrogens (tertiary/aromatic N) is 1. The molecule has 0 saturated carbocycles. The smallest absolute Gasteiger partial charge is 0.226 e. The summed E-state index contributed by atoms with van der Waals surface area (Å²) in [4.78, 5) is 70.8. The van der Waals surface area contributed by atoms with Gasteiger partial charge in [0.1, 0.15) is 29.8 Å². The number of aliphatic hydroxyl groups is 3. The number of fused-ring (bicyclic) bond motifs is 5. The highest BCUT2D eigenvalue weighted by molar-refractivity contribution is 6.30. The molecule has 1 unspecified atom stereocenters. The van der Waals surface area contributed by atoms with Crippen molar-refractivity contribution in [2.45, 2.75) is 74.6 Å². The number of rotatable bonds is 7. The average Bonchev–Trinajstić information content (AvgIpc) is 3.07. The standard InChI is InChI=1S/C36H40N2O14/c1-13-8-15-9-21(40)36(51-7)33(47)24-18(32(46)35(36,48)25(15)27(43)16(13)11-22(41)38(3)4)10-17-23(28(24)44)20(39)12-19(26(17)42)37-34-31(50-6)29(45)30(49-5)14(2)52-34/h8,10,12,14,21,29-31,34,37,40,43-45,48H,9,11H2,1-7H3/t14-,21+,29+,30-,31+,34?,35-,36+/m0/s1. The zero-order chi connectivity index (χ0) is 38.4. The second kappa shape index (κ2) is 12.8. The lowest BCUT2D eigenvalue weighted by Gasteiger charge is -2.53. The van der Waals surface area contributed by atoms with Crippen molar-refractivity contribution in [1.82, 2.24) is 10.2 Å². The highest BCUT2D eigenvalue weighted by Gasteiger charge is 2.72. The van der Waals surface area contributed by atoms with Gasteiger partial charge in [-0.2, -0.15) is 0 Å². The van der Waals surface area contributed by atoms with E-state index >= 15 is 0 Å². The van der Waals surface area contributed by atoms with E-state index in [-0.39, 0.29) is 23.2 Å². The molecule has 2 aromatic rings. The van der Waals surface area contributed by atoms with Gasteiger partial charge in [0.25, 0.3) is 0 Å². The van der Waals surface area contributed by atoms with Crippen LogP contribution < -0.4 is 5.32 Å². The molecule has 1 saturated heterocycles. The molecule has 3 aliphatic carbocycles. The molecule has 52 heavy (non-hydrogen) atoms. The number of carbonyl (C=O) groups excluding carboxylic acids is 5. The molecule has 16 heteroatoms. The van der Waals surface area contributed by atoms with Gasteiger partial charge in [-0.3, -0.25) is 24.0 Å². The summed E-state index contributed by atoms with van der Waals surface area (Å²) in [7, 11) is 6.63. The number of aryl methyl sites for hydroxylation is 1. The molecule has 1 aliphatic heterocycles. The summed E-state index contributed by atoms with van der Waals surface area (Å²) in [6, 6.07) is 2.36. The number of benzene rings is 2. The Balaban J connectivity index is 1.50. The Morgan fingerprint density at radius 3 is 2.23 bits per heavy atom. The molecule has 6 N–H and O–H groups in total. The van der Waals surface area contributed by atoms with Gasteiger partial charge in [0.15, 0.2) is 23.2 Å². The van der Waals surface area contributed by atoms with Gasteiger partial charge < -0.3 is 54.7 Å². The monoisotopic (exact) mass is 724 g/mol. The molecule has 6 rings (SSSR count). The van der Waals surface area contributed by atoms with Crippen LogP contribution in [0.25, 0.3) is 0 Å². The maximum atomic E-state index is 14.7. The third-order valence-electron chi connectivity index (χ3n) is 10.7. The molecule has 0 bridgehead atoms. The molecule has 0 aromatic heterocycles. The highest BCUT2D eigenvalue weighted by atomic mass is 16.6. The Labute approximate surface area is 297 Å². The number of amides is 1. The van der Waals surface area contributed by atoms with E-state index in [9.17, 15) is 49.5 Å². The van der Waals surface area contributed by atoms with E-state index in [1.165, 1.54) is 39.3 Å². The van der Waals surface area contributed by atoms with Crippen LogP contribution in [-0.2, 0) is 42.2 Å². The fraction of sp³-hybridized carbons (Fsp3) is 0.472. The van der Waals surface area contributed by atoms with Gasteiger partial charge in [0.05, 0.1) is 35.5 Å². The number of ketones is 4. The van der Waals surface area contributed by atoms with Gasteiger partial charge in [-0.15, -0.1) is 0 Å². The van der Waals surface area contributed by atoms with Crippen LogP contribution in [0.5, 0.6) is 11.5 Å². The number of Topliss-reactive ketones (excluding diaryl/α,β-unsaturated/α-hetero) is 3. The Kier molecular flexibility index (Phi) is 9.19. The summed E-state index contributed by atoms with van der Waals surface area (Å²) in [6.07, 6.45) is -6.76. The van der Waals surface area contributed by atoms with Crippen LogP contribution in [0, 0.1) is 6.92 Å². The molecule has 16 nitrogen and oxygen atoms in total. The van der Waals surface area contributed by atoms with Gasteiger partial charge in [-0.05, 0) is 31.0 Å². The van der Waals surface area contributed by atoms with Gasteiger partial charge >= 0.3 is 0 Å². The Hall–Kier alpha value is -4.55. The fourth-order valence-corrected chi connectivity index (χ4v) is 8.06. The number of phenols is 2. The summed E-state index contributed by atoms with van der Waals surface area (Å²) in [5.41, 5.74) is -8.93. The number of aliphatic hydroxyl groups excluding tert-OH is 2. The molecule has 1 fully saturated rings. The zero-order valence-corrected chi connectivity index (χ0v) is 29.5. The van der Waals surface area contributed by atoms with Crippen LogP contribution >= 0.6 is 0 Å². The zero-order valence-electron chi connectivity index (χ0n) is 29.5. The van der Waals surface area contributed by atoms with E-state index in [2.05, 4.69) is 5.32 Å². The van der Waals surface area contributed by atoms with E-state index in [1.807, 2.05) is 0 Å². The first-order valence-corrected chi connectivity index (χ1v) is 16.4. The van der Waals surface area contributed by atoms with E-state index in [4.69, 9.17) is 18.9 Å². The van der Waals surface area contributed by atoms with Crippen LogP contribution in [0.3, 0.4) is 0 Å². The van der Waals surface area contributed by atoms with E-state index in [1.54, 1.807) is 13.8 Å². The van der Waals surface area contributed by atoms with Crippen molar-refractivity contribution >= 4 is 29.0 Å². The first-order chi connectivity index (χ1) is 24.4. The van der Waals surface area contributed by atoms with Crippen molar-refractivity contribution in [1.29, 1.82) is 0 Å². The van der Waals surface area contributed by atoms with Gasteiger partial charge in [0.2, 0.25) is 23.3 Å². The highest BCUT2D eigenvalue weighted by Crippen LogP contribution is 2.56. The number of methoxy groups -OCH3 is 3. The molecule has 4 aliphatic rings. The number of aromatic hydroxyl groups is 2. The number of hydrogen-bond donors (Lipinski definition) is 6. The number of hydrogen-bond acceptors (Lipinski definition) is 15. The number of carbonyl (C=O) groups is 5. The number of likely N-dealkylation sites (N-methyl/N-ethyl adjacent to an activating group) is 1. The predicted octanol–water partition coefficient (Wildman–Crippen LogP) is -0.406. The summed E-state index contributed by atoms with van der Waals surface area (Å²) >= 11 is 0. The van der Waals surface area contributed by atoms with E-state index in [0.29, 0.717) is 5.56 Å². The third-order valence-corrected chi connectivity index (χ3v) is 10.7. The van der Waals surface area contributed by atoms with Crippen molar-refractivity contribution in [3.05, 3.63) is 68.4 Å². The Bertz CT molecular complexity index is 1970. The second-order valence-electron chi connectivity index (χ2n) is 13.7. The molecule has 8 atom stereocenters. The molecule has 1 heterocycles. The van der Waals surface area contributed by atoms with Crippen molar-refractivity contribution in [2.75, 3.05) is 35.4 Å². The maximum absolute atomic E-state index is 14.7. The fourth-order valence-electron chi connectivity index (χ4n) is 8.06. The van der Waals surface area contributed by atoms with Crippen LogP contribution in [-0.4, -0.2) is 137 Å². The molecule has 2 aromatic carbocycles. The summed E-state index contributed by atoms with van der Waals surface area (Å²) < 4.78 is 22.2. The van der Waals surface area contributed by atoms with Crippen LogP contribution in [0.15, 0.2) is 23.9 Å². The minimum absolute atomic E-state index is 0.0452. The molecular weight excluding hydrogens is 684 g/mol. The molecular formula is C36H40N2O14. The second-order valence-corrected chi connectivity index (χ2v) is 13.7. The van der Waals surface area contributed by atoms with E-state index in [0.717, 1.165) is 19.3 Å². The normalized spacial score (nSPS) is 30.9. The molecule has 1 amide bonds. The number of ether oxygens (including phenoxy) is 4. The minimum atomic E-state index is -3.16. The largest absolute Gasteiger partial charge is 0.507 e. The topological polar surface area (TPSA) is 239 Å². The van der Waals surface area contributed by atoms with E-state index < -0.39 is 123 Å². The summed E-state index contributed by atoms with van der Waals surface area (Å²) in [5, 5.41) is 60.9. The van der Waals surface area contributed by atoms with Gasteiger partial charge in [-0.25, -0.2) is 0 Å². The first kappa shape index (κ1) is 37.2. The number of phenolic OH excluding ortho intramolecular Hbond substituents is 2. The van der Waals surface area contributed by atoms with Crippen molar-refractivity contribution in [3.63, 3.8) is 0 Å². The van der Waals surface area contributed by atoms with Crippen molar-refractivity contribution in [2.24, 2.45) is 0 Å². The number of allylic oxidation sites excluding steroid dienone is 2. The first-order valence-electron chi connectivity index (χ1n) is 16.4. The van der Waals surface area contributed by atoms with Crippen LogP contribution in [0.2, 0.25) is 0 Å². The number of nitrogens with one attached hydrogen (secondary N) is 1. The minimum Gasteiger partial charge on any atom is -0.507 e. The van der Waals surface area contributed by atoms with Crippen molar-refractivity contribution < 1.29 is 68.5 Å². The van der Waals surface area contributed by atoms with Gasteiger partial charge in [-0.1, -0.05) is 6.07 Å². The summed E-state index contributed by atoms with van der Waals surface area (Å²) in [5.74, 6) is -6.67. The lowest BCUT2D eigenvalue weighted by atomic mass is 9.56. The lowest BCUT2D eigenvalue weighted by Crippen LogP contribution is -2.73. The SMILES string of the molecule is CO[C@@H]1[C@@H](O)[C@@H](OC)C(NC2=CC(=O)c3c(cc4c(c3O)C(=O)[C@]3(OC)[C@H](O)Cc5cc(C)c(CC(=O)N(C)C)c(O)c5[C@]3(O)C4=O)C2=O)O[C@H]1C. The molecule has 0 spiro atoms. The van der Waals surface area contributed by atoms with Crippen LogP contribution in [0.1, 0.15) is 70.6 Å². The summed E-state index contributed by atoms with van der Waals surface area (Å²) in [6.45, 7) is 3.21.